The van der Waals surface area contributed by atoms with Crippen molar-refractivity contribution in [1.82, 2.24) is 4.90 Å². The van der Waals surface area contributed by atoms with Gasteiger partial charge in [-0.1, -0.05) is 62.2 Å². The molecule has 1 saturated carbocycles. The van der Waals surface area contributed by atoms with Gasteiger partial charge in [0.2, 0.25) is 0 Å². The van der Waals surface area contributed by atoms with Crippen LogP contribution in [0.15, 0.2) is 18.2 Å². The molecule has 9 heteroatoms. The molecule has 3 rings (SSSR count). The molecule has 2 atom stereocenters. The quantitative estimate of drug-likeness (QED) is 0.245. The Morgan fingerprint density at radius 1 is 1.03 bits per heavy atom. The monoisotopic (exact) mass is 545 g/mol. The average molecular weight is 547 g/mol. The molecule has 0 spiro atoms. The fourth-order valence-electron chi connectivity index (χ4n) is 4.84. The van der Waals surface area contributed by atoms with Crippen LogP contribution in [0.4, 0.5) is 0 Å². The first-order chi connectivity index (χ1) is 17.3. The second kappa shape index (κ2) is 17.1. The van der Waals surface area contributed by atoms with Crippen LogP contribution in [0.5, 0.6) is 5.75 Å². The molecule has 0 aromatic heterocycles. The van der Waals surface area contributed by atoms with Crippen molar-refractivity contribution in [1.29, 1.82) is 0 Å². The predicted molar refractivity (Wildman–Crippen MR) is 142 cm³/mol. The first kappa shape index (κ1) is 30.7. The third-order valence-corrected chi connectivity index (χ3v) is 7.70. The molecule has 2 aliphatic rings. The van der Waals surface area contributed by atoms with Gasteiger partial charge >= 0.3 is 11.9 Å². The summed E-state index contributed by atoms with van der Waals surface area (Å²) in [6.45, 7) is 7.39. The molecule has 1 saturated heterocycles. The third kappa shape index (κ3) is 11.7. The third-order valence-electron chi connectivity index (χ3n) is 6.96. The molecule has 1 aliphatic carbocycles. The molecule has 2 fully saturated rings. The van der Waals surface area contributed by atoms with E-state index in [9.17, 15) is 0 Å². The zero-order valence-corrected chi connectivity index (χ0v) is 22.8. The minimum Gasteiger partial charge on any atom is -0.494 e. The van der Waals surface area contributed by atoms with Gasteiger partial charge in [-0.2, -0.15) is 0 Å². The first-order valence-electron chi connectivity index (χ1n) is 13.2. The number of halogens is 2. The number of unbranched alkanes of at least 4 members (excludes halogenated alkanes) is 2. The van der Waals surface area contributed by atoms with E-state index >= 15 is 0 Å². The van der Waals surface area contributed by atoms with Crippen molar-refractivity contribution < 1.29 is 29.3 Å². The van der Waals surface area contributed by atoms with Crippen LogP contribution in [0.25, 0.3) is 0 Å². The van der Waals surface area contributed by atoms with Gasteiger partial charge in [-0.05, 0) is 69.2 Å². The zero-order chi connectivity index (χ0) is 26.3. The maximum atomic E-state index is 9.10. The van der Waals surface area contributed by atoms with E-state index in [4.69, 9.17) is 52.5 Å². The van der Waals surface area contributed by atoms with Gasteiger partial charge in [0, 0.05) is 19.2 Å². The summed E-state index contributed by atoms with van der Waals surface area (Å²) in [5.74, 6) is -1.52. The van der Waals surface area contributed by atoms with Crippen LogP contribution in [0, 0.1) is 11.8 Å². The minimum atomic E-state index is -1.82. The number of aliphatic carboxylic acids is 2. The van der Waals surface area contributed by atoms with Crippen molar-refractivity contribution in [2.24, 2.45) is 11.8 Å². The molecule has 1 aromatic carbocycles. The molecule has 1 heterocycles. The number of carboxylic acids is 2. The molecule has 1 aliphatic heterocycles. The normalized spacial score (nSPS) is 20.9. The maximum Gasteiger partial charge on any atom is 0.414 e. The second-order valence-corrected chi connectivity index (χ2v) is 10.6. The highest BCUT2D eigenvalue weighted by Gasteiger charge is 2.30. The molecule has 0 radical (unpaired) electrons. The zero-order valence-electron chi connectivity index (χ0n) is 21.3. The molecule has 7 nitrogen and oxygen atoms in total. The summed E-state index contributed by atoms with van der Waals surface area (Å²) in [5.41, 5.74) is 0. The van der Waals surface area contributed by atoms with Gasteiger partial charge < -0.3 is 24.6 Å². The average Bonchev–Trinajstić information content (AvgIpc) is 2.87. The molecule has 1 aromatic rings. The van der Waals surface area contributed by atoms with E-state index in [1.807, 2.05) is 6.07 Å². The summed E-state index contributed by atoms with van der Waals surface area (Å²) >= 11 is 12.1. The van der Waals surface area contributed by atoms with Crippen molar-refractivity contribution in [3.63, 3.8) is 0 Å². The summed E-state index contributed by atoms with van der Waals surface area (Å²) < 4.78 is 12.6. The van der Waals surface area contributed by atoms with Gasteiger partial charge in [-0.15, -0.1) is 0 Å². The molecule has 0 amide bonds. The number of hydrogen-bond acceptors (Lipinski definition) is 5. The smallest absolute Gasteiger partial charge is 0.414 e. The van der Waals surface area contributed by atoms with Gasteiger partial charge in [0.05, 0.1) is 22.8 Å². The molecule has 36 heavy (non-hydrogen) atoms. The van der Waals surface area contributed by atoms with Gasteiger partial charge in [0.1, 0.15) is 5.75 Å². The van der Waals surface area contributed by atoms with Gasteiger partial charge in [-0.3, -0.25) is 0 Å². The highest BCUT2D eigenvalue weighted by atomic mass is 35.5. The highest BCUT2D eigenvalue weighted by Crippen LogP contribution is 2.30. The van der Waals surface area contributed by atoms with Crippen LogP contribution in [0.2, 0.25) is 10.0 Å². The van der Waals surface area contributed by atoms with E-state index in [0.717, 1.165) is 31.2 Å². The van der Waals surface area contributed by atoms with E-state index in [-0.39, 0.29) is 0 Å². The van der Waals surface area contributed by atoms with Crippen LogP contribution in [0.3, 0.4) is 0 Å². The summed E-state index contributed by atoms with van der Waals surface area (Å²) in [4.78, 5) is 20.8. The molecule has 204 valence electrons. The summed E-state index contributed by atoms with van der Waals surface area (Å²) in [5, 5.41) is 15.9. The van der Waals surface area contributed by atoms with Crippen molar-refractivity contribution in [2.75, 3.05) is 32.8 Å². The lowest BCUT2D eigenvalue weighted by Gasteiger charge is -2.39. The Kier molecular flexibility index (Phi) is 14.5. The summed E-state index contributed by atoms with van der Waals surface area (Å²) in [6.07, 6.45) is 13.3. The molecular formula is C27H41Cl2NO6. The topological polar surface area (TPSA) is 96.3 Å². The van der Waals surface area contributed by atoms with Gasteiger partial charge in [0.15, 0.2) is 0 Å². The number of likely N-dealkylation sites (tertiary alicyclic amines) is 1. The number of ether oxygens (including phenoxy) is 2. The number of rotatable bonds is 11. The Hall–Kier alpha value is -1.54. The number of benzene rings is 1. The predicted octanol–water partition coefficient (Wildman–Crippen LogP) is 6.40. The van der Waals surface area contributed by atoms with Gasteiger partial charge in [-0.25, -0.2) is 9.59 Å². The molecule has 0 bridgehead atoms. The second-order valence-electron chi connectivity index (χ2n) is 9.76. The molecule has 2 N–H and O–H groups in total. The van der Waals surface area contributed by atoms with Crippen molar-refractivity contribution in [3.05, 3.63) is 28.2 Å². The van der Waals surface area contributed by atoms with E-state index in [1.54, 1.807) is 12.1 Å². The van der Waals surface area contributed by atoms with Gasteiger partial charge in [0.25, 0.3) is 0 Å². The summed E-state index contributed by atoms with van der Waals surface area (Å²) in [7, 11) is 0. The Labute approximate surface area is 225 Å². The van der Waals surface area contributed by atoms with Crippen molar-refractivity contribution in [3.8, 4) is 5.75 Å². The Bertz CT molecular complexity index is 790. The fraction of sp³-hybridized carbons (Fsp3) is 0.704. The Morgan fingerprint density at radius 3 is 2.39 bits per heavy atom. The highest BCUT2D eigenvalue weighted by molar-refractivity contribution is 6.42. The van der Waals surface area contributed by atoms with Crippen LogP contribution in [-0.4, -0.2) is 66.0 Å². The Morgan fingerprint density at radius 2 is 1.75 bits per heavy atom. The standard InChI is InChI=1S/C25H39Cl2NO2.C2H2O4/c1-2-3-7-14-28-15-12-21(13-16-29-22-10-11-23(26)24(27)17-22)25(18-28)30-19-20-8-5-4-6-9-20;3-1(4)2(5)6/h10-11,17,20-21,25H,2-9,12-16,18-19H2,1H3;(H,3,4)(H,5,6)/t21-,25+;/m0./s1. The van der Waals surface area contributed by atoms with E-state index in [0.29, 0.717) is 28.7 Å². The lowest BCUT2D eigenvalue weighted by Crippen LogP contribution is -2.46. The van der Waals surface area contributed by atoms with Crippen LogP contribution >= 0.6 is 23.2 Å². The summed E-state index contributed by atoms with van der Waals surface area (Å²) in [6, 6.07) is 5.49. The number of carbonyl (C=O) groups is 2. The number of hydrogen-bond donors (Lipinski definition) is 2. The van der Waals surface area contributed by atoms with E-state index in [1.165, 1.54) is 70.9 Å². The SMILES string of the molecule is CCCCCN1CC[C@@H](CCOc2ccc(Cl)c(Cl)c2)[C@H](OCC2CCCCC2)C1.O=C(O)C(=O)O. The number of piperidine rings is 1. The molecule has 0 unspecified atom stereocenters. The van der Waals surface area contributed by atoms with Crippen molar-refractivity contribution >= 4 is 35.1 Å². The van der Waals surface area contributed by atoms with Crippen molar-refractivity contribution in [2.45, 2.75) is 77.2 Å². The Balaban J connectivity index is 0.000000678. The lowest BCUT2D eigenvalue weighted by molar-refractivity contribution is -0.159. The fourth-order valence-corrected chi connectivity index (χ4v) is 5.13. The largest absolute Gasteiger partial charge is 0.494 e. The number of carboxylic acid groups (broad SMARTS) is 2. The minimum absolute atomic E-state index is 0.333. The van der Waals surface area contributed by atoms with E-state index < -0.39 is 11.9 Å². The first-order valence-corrected chi connectivity index (χ1v) is 13.9. The molecular weight excluding hydrogens is 505 g/mol. The van der Waals surface area contributed by atoms with E-state index in [2.05, 4.69) is 11.8 Å². The van der Waals surface area contributed by atoms with Crippen LogP contribution in [-0.2, 0) is 14.3 Å². The lowest BCUT2D eigenvalue weighted by atomic mass is 9.88. The van der Waals surface area contributed by atoms with Crippen LogP contribution in [0.1, 0.15) is 71.1 Å². The van der Waals surface area contributed by atoms with Crippen LogP contribution < -0.4 is 4.74 Å². The maximum absolute atomic E-state index is 9.10. The number of nitrogens with zero attached hydrogens (tertiary/aromatic N) is 1.